The Balaban J connectivity index is 1.68. The molecule has 5 nitrogen and oxygen atoms in total. The van der Waals surface area contributed by atoms with E-state index in [1.54, 1.807) is 0 Å². The third-order valence-electron chi connectivity index (χ3n) is 3.02. The van der Waals surface area contributed by atoms with Gasteiger partial charge in [-0.2, -0.15) is 0 Å². The number of thiophene rings is 1. The van der Waals surface area contributed by atoms with Crippen LogP contribution in [0.2, 0.25) is 0 Å². The molecule has 0 aliphatic rings. The van der Waals surface area contributed by atoms with Gasteiger partial charge in [0, 0.05) is 12.6 Å². The molecule has 0 atom stereocenters. The minimum absolute atomic E-state index is 0.00997. The number of rotatable bonds is 7. The van der Waals surface area contributed by atoms with E-state index < -0.39 is 4.92 Å². The second kappa shape index (κ2) is 7.54. The van der Waals surface area contributed by atoms with Gasteiger partial charge in [0.2, 0.25) is 0 Å². The Morgan fingerprint density at radius 2 is 1.90 bits per heavy atom. The van der Waals surface area contributed by atoms with Gasteiger partial charge in [-0.05, 0) is 30.9 Å². The number of nitro groups is 1. The molecular weight excluding hydrogens is 288 g/mol. The van der Waals surface area contributed by atoms with Gasteiger partial charge in [0.1, 0.15) is 0 Å². The van der Waals surface area contributed by atoms with E-state index in [4.69, 9.17) is 0 Å². The molecule has 0 aliphatic carbocycles. The van der Waals surface area contributed by atoms with Gasteiger partial charge in [0.15, 0.2) is 0 Å². The number of nitrogens with zero attached hydrogens (tertiary/aromatic N) is 1. The molecule has 2 aromatic rings. The number of benzene rings is 1. The third kappa shape index (κ3) is 4.68. The SMILES string of the molecule is O=C(NCCCCc1ccccc1)c1ccc([N+](=O)[O-])s1. The van der Waals surface area contributed by atoms with Crippen molar-refractivity contribution >= 4 is 22.2 Å². The number of hydrogen-bond donors (Lipinski definition) is 1. The average Bonchev–Trinajstić information content (AvgIpc) is 2.98. The summed E-state index contributed by atoms with van der Waals surface area (Å²) in [6.45, 7) is 0.581. The van der Waals surface area contributed by atoms with Gasteiger partial charge in [-0.3, -0.25) is 14.9 Å². The molecule has 0 unspecified atom stereocenters. The summed E-state index contributed by atoms with van der Waals surface area (Å²) in [4.78, 5) is 22.2. The second-order valence-electron chi connectivity index (χ2n) is 4.59. The van der Waals surface area contributed by atoms with Crippen LogP contribution in [-0.4, -0.2) is 17.4 Å². The number of carbonyl (C=O) groups is 1. The molecule has 0 aliphatic heterocycles. The van der Waals surface area contributed by atoms with E-state index in [2.05, 4.69) is 17.4 Å². The van der Waals surface area contributed by atoms with Gasteiger partial charge in [-0.1, -0.05) is 41.7 Å². The third-order valence-corrected chi connectivity index (χ3v) is 4.05. The maximum atomic E-state index is 11.8. The largest absolute Gasteiger partial charge is 0.351 e. The van der Waals surface area contributed by atoms with E-state index in [9.17, 15) is 14.9 Å². The molecule has 0 fully saturated rings. The molecule has 0 bridgehead atoms. The predicted molar refractivity (Wildman–Crippen MR) is 82.7 cm³/mol. The summed E-state index contributed by atoms with van der Waals surface area (Å²) >= 11 is 0.899. The lowest BCUT2D eigenvalue weighted by Gasteiger charge is -2.03. The molecular formula is C15H16N2O3S. The van der Waals surface area contributed by atoms with E-state index in [0.29, 0.717) is 11.4 Å². The van der Waals surface area contributed by atoms with Crippen molar-refractivity contribution in [1.29, 1.82) is 0 Å². The van der Waals surface area contributed by atoms with E-state index in [1.165, 1.54) is 17.7 Å². The number of amides is 1. The first-order chi connectivity index (χ1) is 10.2. The van der Waals surface area contributed by atoms with Crippen LogP contribution < -0.4 is 5.32 Å². The van der Waals surface area contributed by atoms with E-state index in [1.807, 2.05) is 18.2 Å². The highest BCUT2D eigenvalue weighted by Crippen LogP contribution is 2.23. The Bertz CT molecular complexity index is 610. The fourth-order valence-electron chi connectivity index (χ4n) is 1.94. The Hall–Kier alpha value is -2.21. The molecule has 0 saturated carbocycles. The van der Waals surface area contributed by atoms with Crippen LogP contribution in [0.1, 0.15) is 28.1 Å². The maximum Gasteiger partial charge on any atom is 0.324 e. The monoisotopic (exact) mass is 304 g/mol. The molecule has 0 radical (unpaired) electrons. The van der Waals surface area contributed by atoms with E-state index >= 15 is 0 Å². The van der Waals surface area contributed by atoms with Gasteiger partial charge in [-0.25, -0.2) is 0 Å². The lowest BCUT2D eigenvalue weighted by atomic mass is 10.1. The van der Waals surface area contributed by atoms with Crippen molar-refractivity contribution in [3.63, 3.8) is 0 Å². The van der Waals surface area contributed by atoms with Crippen LogP contribution in [-0.2, 0) is 6.42 Å². The van der Waals surface area contributed by atoms with Crippen molar-refractivity contribution in [3.8, 4) is 0 Å². The summed E-state index contributed by atoms with van der Waals surface area (Å²) in [7, 11) is 0. The number of hydrogen-bond acceptors (Lipinski definition) is 4. The summed E-state index contributed by atoms with van der Waals surface area (Å²) in [5.74, 6) is -0.243. The standard InChI is InChI=1S/C15H16N2O3S/c18-15(13-9-10-14(21-13)17(19)20)16-11-5-4-8-12-6-2-1-3-7-12/h1-3,6-7,9-10H,4-5,8,11H2,(H,16,18). The molecule has 110 valence electrons. The molecule has 1 aromatic heterocycles. The first-order valence-electron chi connectivity index (χ1n) is 6.73. The van der Waals surface area contributed by atoms with Crippen LogP contribution in [0.15, 0.2) is 42.5 Å². The van der Waals surface area contributed by atoms with Crippen molar-refractivity contribution < 1.29 is 9.72 Å². The molecule has 1 aromatic carbocycles. The van der Waals surface area contributed by atoms with Gasteiger partial charge in [0.05, 0.1) is 9.80 Å². The van der Waals surface area contributed by atoms with Crippen molar-refractivity contribution in [2.75, 3.05) is 6.54 Å². The van der Waals surface area contributed by atoms with Crippen LogP contribution in [0.3, 0.4) is 0 Å². The first-order valence-corrected chi connectivity index (χ1v) is 7.55. The second-order valence-corrected chi connectivity index (χ2v) is 5.66. The fraction of sp³-hybridized carbons (Fsp3) is 0.267. The van der Waals surface area contributed by atoms with Crippen molar-refractivity contribution in [1.82, 2.24) is 5.32 Å². The van der Waals surface area contributed by atoms with Crippen LogP contribution in [0.25, 0.3) is 0 Å². The Morgan fingerprint density at radius 1 is 1.14 bits per heavy atom. The zero-order valence-corrected chi connectivity index (χ0v) is 12.3. The summed E-state index contributed by atoms with van der Waals surface area (Å²) in [5.41, 5.74) is 1.29. The lowest BCUT2D eigenvalue weighted by molar-refractivity contribution is -0.380. The highest BCUT2D eigenvalue weighted by atomic mass is 32.1. The first kappa shape index (κ1) is 15.2. The average molecular weight is 304 g/mol. The molecule has 0 spiro atoms. The lowest BCUT2D eigenvalue weighted by Crippen LogP contribution is -2.23. The molecule has 2 rings (SSSR count). The quantitative estimate of drug-likeness (QED) is 0.484. The Kier molecular flexibility index (Phi) is 5.45. The zero-order chi connectivity index (χ0) is 15.1. The summed E-state index contributed by atoms with van der Waals surface area (Å²) in [5, 5.41) is 13.3. The van der Waals surface area contributed by atoms with Crippen LogP contribution >= 0.6 is 11.3 Å². The normalized spacial score (nSPS) is 10.3. The number of aryl methyl sites for hydroxylation is 1. The molecule has 1 amide bonds. The highest BCUT2D eigenvalue weighted by Gasteiger charge is 2.14. The van der Waals surface area contributed by atoms with Crippen molar-refractivity contribution in [3.05, 3.63) is 63.0 Å². The van der Waals surface area contributed by atoms with Crippen molar-refractivity contribution in [2.24, 2.45) is 0 Å². The highest BCUT2D eigenvalue weighted by molar-refractivity contribution is 7.17. The summed E-state index contributed by atoms with van der Waals surface area (Å²) in [6.07, 6.45) is 2.87. The zero-order valence-electron chi connectivity index (χ0n) is 11.5. The Labute approximate surface area is 126 Å². The predicted octanol–water partition coefficient (Wildman–Crippen LogP) is 3.41. The minimum atomic E-state index is -0.485. The van der Waals surface area contributed by atoms with Crippen LogP contribution in [0, 0.1) is 10.1 Å². The Morgan fingerprint density at radius 3 is 2.57 bits per heavy atom. The van der Waals surface area contributed by atoms with E-state index in [0.717, 1.165) is 30.6 Å². The van der Waals surface area contributed by atoms with Gasteiger partial charge in [0.25, 0.3) is 5.91 Å². The van der Waals surface area contributed by atoms with E-state index in [-0.39, 0.29) is 10.9 Å². The molecule has 6 heteroatoms. The molecule has 0 saturated heterocycles. The minimum Gasteiger partial charge on any atom is -0.351 e. The van der Waals surface area contributed by atoms with Gasteiger partial charge < -0.3 is 5.32 Å². The maximum absolute atomic E-state index is 11.8. The molecule has 21 heavy (non-hydrogen) atoms. The number of unbranched alkanes of at least 4 members (excludes halogenated alkanes) is 1. The molecule has 1 heterocycles. The van der Waals surface area contributed by atoms with Crippen LogP contribution in [0.4, 0.5) is 5.00 Å². The van der Waals surface area contributed by atoms with Gasteiger partial charge in [-0.15, -0.1) is 0 Å². The van der Waals surface area contributed by atoms with Crippen molar-refractivity contribution in [2.45, 2.75) is 19.3 Å². The summed E-state index contributed by atoms with van der Waals surface area (Å²) in [6, 6.07) is 13.0. The number of carbonyl (C=O) groups excluding carboxylic acids is 1. The topological polar surface area (TPSA) is 72.2 Å². The van der Waals surface area contributed by atoms with Gasteiger partial charge >= 0.3 is 5.00 Å². The number of nitrogens with one attached hydrogen (secondary N) is 1. The molecule has 1 N–H and O–H groups in total. The van der Waals surface area contributed by atoms with Crippen LogP contribution in [0.5, 0.6) is 0 Å². The fourth-order valence-corrected chi connectivity index (χ4v) is 2.67. The smallest absolute Gasteiger partial charge is 0.324 e. The summed E-state index contributed by atoms with van der Waals surface area (Å²) < 4.78 is 0.